The number of hydrogen-bond donors (Lipinski definition) is 2. The van der Waals surface area contributed by atoms with Gasteiger partial charge in [0.2, 0.25) is 0 Å². The second kappa shape index (κ2) is 6.64. The van der Waals surface area contributed by atoms with Crippen LogP contribution < -0.4 is 11.1 Å². The highest BCUT2D eigenvalue weighted by Gasteiger charge is 2.15. The van der Waals surface area contributed by atoms with Gasteiger partial charge in [-0.15, -0.1) is 0 Å². The third-order valence-electron chi connectivity index (χ3n) is 3.18. The Bertz CT molecular complexity index is 431. The lowest BCUT2D eigenvalue weighted by atomic mass is 10.0. The molecule has 0 bridgehead atoms. The van der Waals surface area contributed by atoms with Crippen LogP contribution in [0.15, 0.2) is 18.2 Å². The lowest BCUT2D eigenvalue weighted by Gasteiger charge is -2.23. The lowest BCUT2D eigenvalue weighted by molar-refractivity contribution is 0.516. The van der Waals surface area contributed by atoms with Crippen molar-refractivity contribution in [2.45, 2.75) is 12.8 Å². The predicted molar refractivity (Wildman–Crippen MR) is 85.9 cm³/mol. The third kappa shape index (κ3) is 3.53. The molecule has 0 amide bonds. The lowest BCUT2D eigenvalue weighted by Crippen LogP contribution is -2.21. The van der Waals surface area contributed by atoms with Crippen molar-refractivity contribution in [3.8, 4) is 0 Å². The van der Waals surface area contributed by atoms with Crippen molar-refractivity contribution < 1.29 is 0 Å². The summed E-state index contributed by atoms with van der Waals surface area (Å²) >= 11 is 13.2. The van der Waals surface area contributed by atoms with E-state index in [0.717, 1.165) is 23.7 Å². The highest BCUT2D eigenvalue weighted by Crippen LogP contribution is 2.27. The van der Waals surface area contributed by atoms with Crippen LogP contribution in [-0.4, -0.2) is 23.0 Å². The van der Waals surface area contributed by atoms with Crippen LogP contribution in [0.2, 0.25) is 5.02 Å². The Hall–Kier alpha value is -0.450. The Balaban J connectivity index is 2.04. The smallest absolute Gasteiger partial charge is 0.107 e. The number of nitrogens with two attached hydrogens (primary N) is 1. The molecular formula is C13H17ClN2S2. The van der Waals surface area contributed by atoms with E-state index >= 15 is 0 Å². The largest absolute Gasteiger partial charge is 0.389 e. The van der Waals surface area contributed by atoms with Gasteiger partial charge in [-0.1, -0.05) is 29.9 Å². The van der Waals surface area contributed by atoms with Crippen LogP contribution in [-0.2, 0) is 0 Å². The number of thioether (sulfide) groups is 1. The van der Waals surface area contributed by atoms with Gasteiger partial charge in [0.25, 0.3) is 0 Å². The molecule has 0 unspecified atom stereocenters. The van der Waals surface area contributed by atoms with E-state index < -0.39 is 0 Å². The van der Waals surface area contributed by atoms with Gasteiger partial charge in [-0.05, 0) is 42.4 Å². The molecule has 1 saturated heterocycles. The van der Waals surface area contributed by atoms with Gasteiger partial charge in [0, 0.05) is 12.2 Å². The van der Waals surface area contributed by atoms with E-state index in [9.17, 15) is 0 Å². The van der Waals surface area contributed by atoms with Gasteiger partial charge >= 0.3 is 0 Å². The maximum atomic E-state index is 6.14. The minimum absolute atomic E-state index is 0.349. The Kier molecular flexibility index (Phi) is 5.15. The van der Waals surface area contributed by atoms with Crippen molar-refractivity contribution in [1.29, 1.82) is 0 Å². The normalized spacial score (nSPS) is 16.5. The summed E-state index contributed by atoms with van der Waals surface area (Å²) in [4.78, 5) is 0.349. The summed E-state index contributed by atoms with van der Waals surface area (Å²) in [6.45, 7) is 0.969. The van der Waals surface area contributed by atoms with E-state index in [1.807, 2.05) is 30.0 Å². The zero-order chi connectivity index (χ0) is 13.0. The maximum Gasteiger partial charge on any atom is 0.107 e. The molecule has 1 aromatic carbocycles. The molecule has 1 aliphatic rings. The average molecular weight is 301 g/mol. The number of anilines is 1. The van der Waals surface area contributed by atoms with Crippen LogP contribution in [0.4, 0.5) is 5.69 Å². The number of hydrogen-bond acceptors (Lipinski definition) is 3. The SMILES string of the molecule is NC(=S)c1c(Cl)cccc1NCC1CCSCC1. The molecule has 0 aliphatic carbocycles. The Morgan fingerprint density at radius 2 is 2.17 bits per heavy atom. The predicted octanol–water partition coefficient (Wildman–Crippen LogP) is 3.53. The van der Waals surface area contributed by atoms with Crippen molar-refractivity contribution in [2.75, 3.05) is 23.4 Å². The molecule has 0 radical (unpaired) electrons. The molecule has 1 aromatic rings. The van der Waals surface area contributed by atoms with Gasteiger partial charge in [-0.3, -0.25) is 0 Å². The summed E-state index contributed by atoms with van der Waals surface area (Å²) in [6.07, 6.45) is 2.56. The van der Waals surface area contributed by atoms with E-state index in [1.165, 1.54) is 24.3 Å². The van der Waals surface area contributed by atoms with Crippen LogP contribution >= 0.6 is 35.6 Å². The Labute approximate surface area is 123 Å². The van der Waals surface area contributed by atoms with Crippen molar-refractivity contribution in [1.82, 2.24) is 0 Å². The fourth-order valence-electron chi connectivity index (χ4n) is 2.13. The van der Waals surface area contributed by atoms with Gasteiger partial charge in [0.05, 0.1) is 10.6 Å². The molecule has 1 fully saturated rings. The van der Waals surface area contributed by atoms with Gasteiger partial charge in [0.1, 0.15) is 4.99 Å². The topological polar surface area (TPSA) is 38.0 Å². The molecule has 0 aromatic heterocycles. The summed E-state index contributed by atoms with van der Waals surface area (Å²) in [7, 11) is 0. The Morgan fingerprint density at radius 3 is 2.83 bits per heavy atom. The monoisotopic (exact) mass is 300 g/mol. The molecule has 2 rings (SSSR count). The van der Waals surface area contributed by atoms with Gasteiger partial charge < -0.3 is 11.1 Å². The van der Waals surface area contributed by atoms with Crippen molar-refractivity contribution in [3.63, 3.8) is 0 Å². The molecular weight excluding hydrogens is 284 g/mol. The molecule has 0 saturated carbocycles. The van der Waals surface area contributed by atoms with Crippen molar-refractivity contribution in [2.24, 2.45) is 11.7 Å². The average Bonchev–Trinajstić information content (AvgIpc) is 2.37. The molecule has 18 heavy (non-hydrogen) atoms. The summed E-state index contributed by atoms with van der Waals surface area (Å²) in [6, 6.07) is 5.72. The van der Waals surface area contributed by atoms with E-state index in [-0.39, 0.29) is 0 Å². The van der Waals surface area contributed by atoms with Gasteiger partial charge in [-0.2, -0.15) is 11.8 Å². The van der Waals surface area contributed by atoms with E-state index in [1.54, 1.807) is 0 Å². The number of halogens is 1. The first-order chi connectivity index (χ1) is 8.68. The second-order valence-electron chi connectivity index (χ2n) is 4.46. The van der Waals surface area contributed by atoms with Gasteiger partial charge in [0.15, 0.2) is 0 Å². The first-order valence-electron chi connectivity index (χ1n) is 6.08. The molecule has 1 aliphatic heterocycles. The highest BCUT2D eigenvalue weighted by molar-refractivity contribution is 7.99. The van der Waals surface area contributed by atoms with Crippen molar-refractivity contribution in [3.05, 3.63) is 28.8 Å². The van der Waals surface area contributed by atoms with E-state index in [0.29, 0.717) is 10.0 Å². The third-order valence-corrected chi connectivity index (χ3v) is 4.75. The summed E-state index contributed by atoms with van der Waals surface area (Å²) in [5.74, 6) is 3.28. The van der Waals surface area contributed by atoms with Crippen LogP contribution in [0.1, 0.15) is 18.4 Å². The fourth-order valence-corrected chi connectivity index (χ4v) is 3.88. The van der Waals surface area contributed by atoms with Crippen LogP contribution in [0.3, 0.4) is 0 Å². The maximum absolute atomic E-state index is 6.14. The van der Waals surface area contributed by atoms with Crippen LogP contribution in [0.5, 0.6) is 0 Å². The zero-order valence-corrected chi connectivity index (χ0v) is 12.5. The standard InChI is InChI=1S/C13H17ClN2S2/c14-10-2-1-3-11(12(10)13(15)17)16-8-9-4-6-18-7-5-9/h1-3,9,16H,4-8H2,(H2,15,17). The number of benzene rings is 1. The fraction of sp³-hybridized carbons (Fsp3) is 0.462. The molecule has 98 valence electrons. The number of rotatable bonds is 4. The Morgan fingerprint density at radius 1 is 1.44 bits per heavy atom. The number of thiocarbonyl (C=S) groups is 1. The van der Waals surface area contributed by atoms with Crippen LogP contribution in [0.25, 0.3) is 0 Å². The zero-order valence-electron chi connectivity index (χ0n) is 10.1. The summed E-state index contributed by atoms with van der Waals surface area (Å²) in [5.41, 5.74) is 7.44. The minimum Gasteiger partial charge on any atom is -0.389 e. The van der Waals surface area contributed by atoms with E-state index in [2.05, 4.69) is 5.32 Å². The molecule has 2 nitrogen and oxygen atoms in total. The number of nitrogens with one attached hydrogen (secondary N) is 1. The van der Waals surface area contributed by atoms with Crippen molar-refractivity contribution >= 4 is 46.3 Å². The molecule has 0 spiro atoms. The minimum atomic E-state index is 0.349. The van der Waals surface area contributed by atoms with Gasteiger partial charge in [-0.25, -0.2) is 0 Å². The second-order valence-corrected chi connectivity index (χ2v) is 6.54. The van der Waals surface area contributed by atoms with E-state index in [4.69, 9.17) is 29.6 Å². The molecule has 3 N–H and O–H groups in total. The first kappa shape index (κ1) is 14.0. The molecule has 1 heterocycles. The highest BCUT2D eigenvalue weighted by atomic mass is 35.5. The molecule has 5 heteroatoms. The quantitative estimate of drug-likeness (QED) is 0.834. The summed E-state index contributed by atoms with van der Waals surface area (Å²) in [5, 5.41) is 4.06. The molecule has 0 atom stereocenters. The summed E-state index contributed by atoms with van der Waals surface area (Å²) < 4.78 is 0. The van der Waals surface area contributed by atoms with Crippen LogP contribution in [0, 0.1) is 5.92 Å². The first-order valence-corrected chi connectivity index (χ1v) is 8.02.